The smallest absolute Gasteiger partial charge is 0.245 e. The number of carbonyl (C=O) groups excluding carboxylic acids is 1. The van der Waals surface area contributed by atoms with Crippen LogP contribution in [-0.2, 0) is 14.6 Å². The fraction of sp³-hybridized carbons (Fsp3) is 0.484. The number of nitrogens with zero attached hydrogens (tertiary/aromatic N) is 4. The lowest BCUT2D eigenvalue weighted by Gasteiger charge is -2.30. The van der Waals surface area contributed by atoms with Gasteiger partial charge in [-0.25, -0.2) is 22.8 Å². The Labute approximate surface area is 238 Å². The minimum atomic E-state index is -2.98. The second kappa shape index (κ2) is 9.76. The van der Waals surface area contributed by atoms with Crippen LogP contribution >= 0.6 is 0 Å². The van der Waals surface area contributed by atoms with E-state index in [4.69, 9.17) is 9.40 Å². The molecule has 41 heavy (non-hydrogen) atoms. The molecule has 0 N–H and O–H groups in total. The Balaban J connectivity index is 1.24. The van der Waals surface area contributed by atoms with Crippen LogP contribution < -0.4 is 4.90 Å². The predicted molar refractivity (Wildman–Crippen MR) is 150 cm³/mol. The summed E-state index contributed by atoms with van der Waals surface area (Å²) in [7, 11) is -2.98. The lowest BCUT2D eigenvalue weighted by Crippen LogP contribution is -2.40. The number of Topliss-reactive ketones (excluding diaryl/α,β-unsaturated/α-hetero) is 1. The Bertz CT molecular complexity index is 1630. The van der Waals surface area contributed by atoms with Gasteiger partial charge in [0, 0.05) is 42.6 Å². The Morgan fingerprint density at radius 2 is 1.80 bits per heavy atom. The van der Waals surface area contributed by atoms with Crippen molar-refractivity contribution < 1.29 is 22.0 Å². The number of ketones is 1. The van der Waals surface area contributed by atoms with E-state index >= 15 is 0 Å². The zero-order valence-corrected chi connectivity index (χ0v) is 23.4. The highest BCUT2D eigenvalue weighted by atomic mass is 32.2. The first-order valence-corrected chi connectivity index (χ1v) is 16.2. The maximum Gasteiger partial charge on any atom is 0.245 e. The Hall–Kier alpha value is -3.58. The van der Waals surface area contributed by atoms with Crippen LogP contribution in [0.2, 0.25) is 0 Å². The van der Waals surface area contributed by atoms with E-state index < -0.39 is 21.1 Å². The number of fused-ring (bicyclic) bond motifs is 1. The van der Waals surface area contributed by atoms with Crippen molar-refractivity contribution in [1.82, 2.24) is 9.97 Å². The van der Waals surface area contributed by atoms with Gasteiger partial charge in [0.2, 0.25) is 5.89 Å². The number of anilines is 1. The van der Waals surface area contributed by atoms with Gasteiger partial charge in [0.15, 0.2) is 9.84 Å². The third-order valence-corrected chi connectivity index (χ3v) is 11.1. The lowest BCUT2D eigenvalue weighted by atomic mass is 9.73. The van der Waals surface area contributed by atoms with Crippen LogP contribution in [0.3, 0.4) is 0 Å². The molecule has 0 bridgehead atoms. The molecule has 3 aromatic rings. The monoisotopic (exact) mass is 574 g/mol. The minimum absolute atomic E-state index is 0.138. The molecule has 7 rings (SSSR count). The number of benzene rings is 1. The van der Waals surface area contributed by atoms with Crippen molar-refractivity contribution in [2.75, 3.05) is 29.5 Å². The van der Waals surface area contributed by atoms with Gasteiger partial charge in [-0.05, 0) is 68.2 Å². The fourth-order valence-electron chi connectivity index (χ4n) is 6.66. The Morgan fingerprint density at radius 1 is 1.07 bits per heavy atom. The molecule has 3 heterocycles. The number of nitriles is 1. The number of halogens is 1. The fourth-order valence-corrected chi connectivity index (χ4v) is 7.86. The summed E-state index contributed by atoms with van der Waals surface area (Å²) >= 11 is 0. The van der Waals surface area contributed by atoms with Crippen molar-refractivity contribution in [2.45, 2.75) is 44.4 Å². The number of oxazole rings is 1. The molecule has 1 saturated heterocycles. The maximum absolute atomic E-state index is 13.7. The first-order chi connectivity index (χ1) is 19.7. The second-order valence-corrected chi connectivity index (χ2v) is 14.6. The number of hydrogen-bond acceptors (Lipinski definition) is 8. The molecular formula is C31H31FN4O4S. The van der Waals surface area contributed by atoms with Crippen LogP contribution in [0.5, 0.6) is 0 Å². The van der Waals surface area contributed by atoms with Crippen molar-refractivity contribution in [2.24, 2.45) is 23.2 Å². The van der Waals surface area contributed by atoms with Crippen molar-refractivity contribution in [3.05, 3.63) is 54.2 Å². The van der Waals surface area contributed by atoms with Crippen LogP contribution in [0.4, 0.5) is 10.1 Å². The molecule has 1 aromatic carbocycles. The Kier molecular flexibility index (Phi) is 6.27. The Morgan fingerprint density at radius 3 is 2.46 bits per heavy atom. The van der Waals surface area contributed by atoms with E-state index in [-0.39, 0.29) is 41.4 Å². The molecule has 0 spiro atoms. The highest BCUT2D eigenvalue weighted by molar-refractivity contribution is 7.91. The van der Waals surface area contributed by atoms with Gasteiger partial charge in [0.1, 0.15) is 28.7 Å². The number of sulfone groups is 1. The highest BCUT2D eigenvalue weighted by Gasteiger charge is 2.53. The highest BCUT2D eigenvalue weighted by Crippen LogP contribution is 2.59. The van der Waals surface area contributed by atoms with Gasteiger partial charge in [-0.1, -0.05) is 12.1 Å². The molecule has 3 saturated carbocycles. The molecule has 4 aliphatic rings. The molecular weight excluding hydrogens is 543 g/mol. The summed E-state index contributed by atoms with van der Waals surface area (Å²) in [6, 6.07) is 13.1. The normalized spacial score (nSPS) is 27.5. The number of hydrogen-bond donors (Lipinski definition) is 0. The molecule has 2 unspecified atom stereocenters. The quantitative estimate of drug-likeness (QED) is 0.379. The van der Waals surface area contributed by atoms with Crippen LogP contribution in [-0.4, -0.2) is 48.8 Å². The van der Waals surface area contributed by atoms with Crippen molar-refractivity contribution in [3.63, 3.8) is 0 Å². The van der Waals surface area contributed by atoms with Crippen LogP contribution in [0.1, 0.15) is 50.2 Å². The first-order valence-electron chi connectivity index (χ1n) is 14.3. The van der Waals surface area contributed by atoms with Gasteiger partial charge in [-0.2, -0.15) is 5.26 Å². The zero-order chi connectivity index (χ0) is 28.4. The molecule has 4 fully saturated rings. The van der Waals surface area contributed by atoms with E-state index in [9.17, 15) is 22.9 Å². The molecule has 1 aliphatic heterocycles. The summed E-state index contributed by atoms with van der Waals surface area (Å²) in [6.45, 7) is 0.908. The van der Waals surface area contributed by atoms with E-state index in [1.807, 2.05) is 24.3 Å². The first kappa shape index (κ1) is 26.3. The van der Waals surface area contributed by atoms with Crippen LogP contribution in [0, 0.1) is 40.3 Å². The molecule has 212 valence electrons. The van der Waals surface area contributed by atoms with Gasteiger partial charge in [0.25, 0.3) is 0 Å². The number of carbonyl (C=O) groups is 1. The van der Waals surface area contributed by atoms with Gasteiger partial charge in [-0.3, -0.25) is 4.79 Å². The van der Waals surface area contributed by atoms with Gasteiger partial charge < -0.3 is 9.32 Å². The van der Waals surface area contributed by atoms with Gasteiger partial charge in [0.05, 0.1) is 29.2 Å². The summed E-state index contributed by atoms with van der Waals surface area (Å²) in [5.41, 5.74) is 2.31. The summed E-state index contributed by atoms with van der Waals surface area (Å²) in [5, 5.41) is 9.63. The zero-order valence-electron chi connectivity index (χ0n) is 22.6. The van der Waals surface area contributed by atoms with Crippen LogP contribution in [0.25, 0.3) is 22.8 Å². The molecule has 0 radical (unpaired) electrons. The maximum atomic E-state index is 13.7. The summed E-state index contributed by atoms with van der Waals surface area (Å²) in [4.78, 5) is 24.8. The summed E-state index contributed by atoms with van der Waals surface area (Å²) in [6.07, 6.45) is 5.73. The molecule has 2 aromatic heterocycles. The van der Waals surface area contributed by atoms with E-state index in [0.717, 1.165) is 49.6 Å². The van der Waals surface area contributed by atoms with Gasteiger partial charge >= 0.3 is 0 Å². The summed E-state index contributed by atoms with van der Waals surface area (Å²) < 4.78 is 43.8. The van der Waals surface area contributed by atoms with Crippen molar-refractivity contribution >= 4 is 21.3 Å². The SMILES string of the molecule is N#CC1(CC(=O)[C@@H]2CC3CC3C[C@H]2c2oc(-c3ccc(F)cn3)nc2-c2ccc(N3CCS(=O)(=O)CC3)cc2)CC1. The molecule has 0 amide bonds. The predicted octanol–water partition coefficient (Wildman–Crippen LogP) is 5.17. The number of aromatic nitrogens is 2. The number of pyridine rings is 1. The van der Waals surface area contributed by atoms with Crippen molar-refractivity contribution in [3.8, 4) is 28.9 Å². The standard InChI is InChI=1S/C31H31FN4O4S/c32-22-3-6-26(34-17-22)30-35-28(19-1-4-23(5-2-19)36-9-11-41(38,39)12-10-36)29(40-30)25-15-21-13-20(21)14-24(25)27(37)16-31(18-33)7-8-31/h1-6,17,20-21,24-25H,7-16H2/t20?,21?,24-,25-/m1/s1. The van der Waals surface area contributed by atoms with E-state index in [1.54, 1.807) is 0 Å². The lowest BCUT2D eigenvalue weighted by molar-refractivity contribution is -0.125. The van der Waals surface area contributed by atoms with Crippen molar-refractivity contribution in [1.29, 1.82) is 5.26 Å². The molecule has 4 atom stereocenters. The third kappa shape index (κ3) is 5.16. The van der Waals surface area contributed by atoms with E-state index in [0.29, 0.717) is 42.1 Å². The topological polar surface area (TPSA) is 117 Å². The average Bonchev–Trinajstić information content (AvgIpc) is 3.88. The second-order valence-electron chi connectivity index (χ2n) is 12.3. The van der Waals surface area contributed by atoms with Gasteiger partial charge in [-0.15, -0.1) is 0 Å². The summed E-state index contributed by atoms with van der Waals surface area (Å²) in [5.74, 6) is 1.60. The van der Waals surface area contributed by atoms with E-state index in [2.05, 4.69) is 16.0 Å². The third-order valence-electron chi connectivity index (χ3n) is 9.47. The molecule has 3 aliphatic carbocycles. The minimum Gasteiger partial charge on any atom is -0.439 e. The largest absolute Gasteiger partial charge is 0.439 e. The van der Waals surface area contributed by atoms with Crippen LogP contribution in [0.15, 0.2) is 47.0 Å². The average molecular weight is 575 g/mol. The molecule has 8 nitrogen and oxygen atoms in total. The van der Waals surface area contributed by atoms with E-state index in [1.165, 1.54) is 12.1 Å². The number of rotatable bonds is 7. The molecule has 10 heteroatoms.